The zero-order valence-corrected chi connectivity index (χ0v) is 10.4. The molecular formula is C13H17N3O2. The van der Waals surface area contributed by atoms with E-state index in [9.17, 15) is 10.2 Å². The van der Waals surface area contributed by atoms with Crippen molar-refractivity contribution in [3.8, 4) is 6.07 Å². The van der Waals surface area contributed by atoms with Crippen LogP contribution in [-0.2, 0) is 12.8 Å². The van der Waals surface area contributed by atoms with Crippen molar-refractivity contribution >= 4 is 5.82 Å². The Morgan fingerprint density at radius 2 is 2.17 bits per heavy atom. The number of fused-ring (bicyclic) bond motifs is 1. The number of rotatable bonds is 4. The van der Waals surface area contributed by atoms with E-state index < -0.39 is 5.54 Å². The van der Waals surface area contributed by atoms with Gasteiger partial charge in [0.25, 0.3) is 0 Å². The molecule has 2 rings (SSSR count). The second kappa shape index (κ2) is 4.92. The molecule has 1 aromatic heterocycles. The molecule has 0 atom stereocenters. The molecule has 18 heavy (non-hydrogen) atoms. The summed E-state index contributed by atoms with van der Waals surface area (Å²) < 4.78 is 0. The van der Waals surface area contributed by atoms with Crippen LogP contribution in [0.4, 0.5) is 5.82 Å². The fourth-order valence-electron chi connectivity index (χ4n) is 2.07. The van der Waals surface area contributed by atoms with Gasteiger partial charge in [0.1, 0.15) is 11.9 Å². The Morgan fingerprint density at radius 1 is 1.44 bits per heavy atom. The number of aromatic nitrogens is 1. The summed E-state index contributed by atoms with van der Waals surface area (Å²) >= 11 is 0. The molecule has 1 aliphatic carbocycles. The molecule has 0 radical (unpaired) electrons. The molecule has 0 aliphatic heterocycles. The van der Waals surface area contributed by atoms with Crippen LogP contribution >= 0.6 is 0 Å². The number of pyridine rings is 1. The fraction of sp³-hybridized carbons (Fsp3) is 0.538. The van der Waals surface area contributed by atoms with Crippen molar-refractivity contribution in [1.82, 2.24) is 4.98 Å². The molecule has 1 aliphatic rings. The second-order valence-electron chi connectivity index (χ2n) is 4.96. The SMILES string of the molecule is CC(CO)(CO)Nc1nc2c(cc1C#N)CCC2. The van der Waals surface area contributed by atoms with Gasteiger partial charge in [-0.25, -0.2) is 4.98 Å². The highest BCUT2D eigenvalue weighted by Crippen LogP contribution is 2.26. The zero-order valence-electron chi connectivity index (χ0n) is 10.4. The molecule has 0 fully saturated rings. The Hall–Kier alpha value is -1.64. The van der Waals surface area contributed by atoms with Crippen LogP contribution < -0.4 is 5.32 Å². The predicted octanol–water partition coefficient (Wildman–Crippen LogP) is 0.597. The minimum Gasteiger partial charge on any atom is -0.394 e. The van der Waals surface area contributed by atoms with Crippen molar-refractivity contribution < 1.29 is 10.2 Å². The Kier molecular flexibility index (Phi) is 3.50. The van der Waals surface area contributed by atoms with E-state index in [-0.39, 0.29) is 13.2 Å². The predicted molar refractivity (Wildman–Crippen MR) is 67.2 cm³/mol. The van der Waals surface area contributed by atoms with E-state index in [2.05, 4.69) is 16.4 Å². The monoisotopic (exact) mass is 247 g/mol. The quantitative estimate of drug-likeness (QED) is 0.725. The lowest BCUT2D eigenvalue weighted by Gasteiger charge is -2.27. The Bertz CT molecular complexity index is 490. The molecule has 0 unspecified atom stereocenters. The molecule has 1 aromatic rings. The highest BCUT2D eigenvalue weighted by atomic mass is 16.3. The van der Waals surface area contributed by atoms with Gasteiger partial charge in [-0.2, -0.15) is 5.26 Å². The largest absolute Gasteiger partial charge is 0.394 e. The number of anilines is 1. The average molecular weight is 247 g/mol. The van der Waals surface area contributed by atoms with Crippen molar-refractivity contribution in [2.45, 2.75) is 31.7 Å². The highest BCUT2D eigenvalue weighted by molar-refractivity contribution is 5.56. The fourth-order valence-corrected chi connectivity index (χ4v) is 2.07. The lowest BCUT2D eigenvalue weighted by atomic mass is 10.0. The number of aliphatic hydroxyl groups excluding tert-OH is 2. The minimum absolute atomic E-state index is 0.229. The van der Waals surface area contributed by atoms with Crippen LogP contribution in [0.25, 0.3) is 0 Å². The summed E-state index contributed by atoms with van der Waals surface area (Å²) in [6.45, 7) is 1.23. The van der Waals surface area contributed by atoms with Crippen LogP contribution in [0.1, 0.15) is 30.2 Å². The highest BCUT2D eigenvalue weighted by Gasteiger charge is 2.25. The van der Waals surface area contributed by atoms with Gasteiger partial charge < -0.3 is 15.5 Å². The summed E-state index contributed by atoms with van der Waals surface area (Å²) in [5, 5.41) is 30.6. The van der Waals surface area contributed by atoms with Crippen molar-refractivity contribution in [3.63, 3.8) is 0 Å². The molecule has 1 heterocycles. The number of nitriles is 1. The Balaban J connectivity index is 2.36. The van der Waals surface area contributed by atoms with Gasteiger partial charge in [-0.15, -0.1) is 0 Å². The van der Waals surface area contributed by atoms with E-state index in [1.807, 2.05) is 6.07 Å². The number of aliphatic hydroxyl groups is 2. The van der Waals surface area contributed by atoms with Gasteiger partial charge in [0.2, 0.25) is 0 Å². The molecule has 3 N–H and O–H groups in total. The van der Waals surface area contributed by atoms with E-state index in [0.717, 1.165) is 30.5 Å². The summed E-state index contributed by atoms with van der Waals surface area (Å²) in [4.78, 5) is 4.45. The summed E-state index contributed by atoms with van der Waals surface area (Å²) in [6, 6.07) is 3.96. The number of nitrogens with zero attached hydrogens (tertiary/aromatic N) is 2. The zero-order chi connectivity index (χ0) is 13.2. The molecule has 0 spiro atoms. The van der Waals surface area contributed by atoms with E-state index in [1.165, 1.54) is 0 Å². The lowest BCUT2D eigenvalue weighted by Crippen LogP contribution is -2.43. The smallest absolute Gasteiger partial charge is 0.144 e. The first-order valence-electron chi connectivity index (χ1n) is 6.04. The van der Waals surface area contributed by atoms with Crippen LogP contribution in [0.15, 0.2) is 6.07 Å². The van der Waals surface area contributed by atoms with Crippen molar-refractivity contribution in [2.24, 2.45) is 0 Å². The van der Waals surface area contributed by atoms with Gasteiger partial charge in [0.05, 0.1) is 24.3 Å². The summed E-state index contributed by atoms with van der Waals surface area (Å²) in [6.07, 6.45) is 2.95. The third-order valence-corrected chi connectivity index (χ3v) is 3.29. The van der Waals surface area contributed by atoms with E-state index >= 15 is 0 Å². The molecule has 5 heteroatoms. The minimum atomic E-state index is -0.870. The third-order valence-electron chi connectivity index (χ3n) is 3.29. The number of hydrogen-bond acceptors (Lipinski definition) is 5. The summed E-state index contributed by atoms with van der Waals surface area (Å²) in [5.41, 5.74) is 1.73. The van der Waals surface area contributed by atoms with E-state index in [1.54, 1.807) is 6.92 Å². The lowest BCUT2D eigenvalue weighted by molar-refractivity contribution is 0.147. The molecule has 5 nitrogen and oxygen atoms in total. The van der Waals surface area contributed by atoms with E-state index in [4.69, 9.17) is 5.26 Å². The van der Waals surface area contributed by atoms with Crippen molar-refractivity contribution in [1.29, 1.82) is 5.26 Å². The molecule has 96 valence electrons. The maximum atomic E-state index is 9.27. The molecule has 0 amide bonds. The van der Waals surface area contributed by atoms with Crippen LogP contribution in [0.2, 0.25) is 0 Å². The standard InChI is InChI=1S/C13H17N3O2/c1-13(7-17,8-18)16-12-10(6-14)5-9-3-2-4-11(9)15-12/h5,17-18H,2-4,7-8H2,1H3,(H,15,16). The molecule has 0 bridgehead atoms. The Labute approximate surface area is 106 Å². The maximum Gasteiger partial charge on any atom is 0.144 e. The normalized spacial score (nSPS) is 14.1. The van der Waals surface area contributed by atoms with Gasteiger partial charge >= 0.3 is 0 Å². The van der Waals surface area contributed by atoms with Crippen LogP contribution in [-0.4, -0.2) is 33.9 Å². The van der Waals surface area contributed by atoms with Gasteiger partial charge in [0.15, 0.2) is 0 Å². The molecular weight excluding hydrogens is 230 g/mol. The molecule has 0 saturated carbocycles. The van der Waals surface area contributed by atoms with Crippen LogP contribution in [0.5, 0.6) is 0 Å². The number of nitrogens with one attached hydrogen (secondary N) is 1. The third kappa shape index (κ3) is 2.30. The summed E-state index contributed by atoms with van der Waals surface area (Å²) in [7, 11) is 0. The average Bonchev–Trinajstić information content (AvgIpc) is 2.84. The van der Waals surface area contributed by atoms with Gasteiger partial charge in [-0.3, -0.25) is 0 Å². The first-order valence-corrected chi connectivity index (χ1v) is 6.04. The number of aryl methyl sites for hydroxylation is 2. The van der Waals surface area contributed by atoms with Gasteiger partial charge in [-0.1, -0.05) is 0 Å². The van der Waals surface area contributed by atoms with Gasteiger partial charge in [0, 0.05) is 5.69 Å². The van der Waals surface area contributed by atoms with Crippen LogP contribution in [0.3, 0.4) is 0 Å². The Morgan fingerprint density at radius 3 is 2.78 bits per heavy atom. The first-order chi connectivity index (χ1) is 8.61. The molecule has 0 saturated heterocycles. The maximum absolute atomic E-state index is 9.27. The van der Waals surface area contributed by atoms with Crippen molar-refractivity contribution in [3.05, 3.63) is 22.9 Å². The topological polar surface area (TPSA) is 89.2 Å². The van der Waals surface area contributed by atoms with E-state index in [0.29, 0.717) is 11.4 Å². The summed E-state index contributed by atoms with van der Waals surface area (Å²) in [5.74, 6) is 0.448. The van der Waals surface area contributed by atoms with Gasteiger partial charge in [-0.05, 0) is 37.8 Å². The van der Waals surface area contributed by atoms with Crippen molar-refractivity contribution in [2.75, 3.05) is 18.5 Å². The first kappa shape index (κ1) is 12.8. The second-order valence-corrected chi connectivity index (χ2v) is 4.96. The molecule has 0 aromatic carbocycles. The van der Waals surface area contributed by atoms with Crippen LogP contribution in [0, 0.1) is 11.3 Å². The number of hydrogen-bond donors (Lipinski definition) is 3.